The van der Waals surface area contributed by atoms with Gasteiger partial charge in [0.15, 0.2) is 11.8 Å². The van der Waals surface area contributed by atoms with Gasteiger partial charge in [0.25, 0.3) is 0 Å². The van der Waals surface area contributed by atoms with Crippen molar-refractivity contribution in [3.8, 4) is 0 Å². The Kier molecular flexibility index (Phi) is 10.3. The van der Waals surface area contributed by atoms with E-state index in [0.717, 1.165) is 12.5 Å². The van der Waals surface area contributed by atoms with Crippen LogP contribution in [0.4, 0.5) is 0 Å². The number of hydrogen-bond donors (Lipinski definition) is 2. The van der Waals surface area contributed by atoms with Gasteiger partial charge in [-0.1, -0.05) is 5.16 Å². The van der Waals surface area contributed by atoms with Crippen molar-refractivity contribution in [3.05, 3.63) is 11.7 Å². The molecule has 0 aliphatic heterocycles. The van der Waals surface area contributed by atoms with Gasteiger partial charge in [0, 0.05) is 19.2 Å². The second-order valence-corrected chi connectivity index (χ2v) is 4.64. The summed E-state index contributed by atoms with van der Waals surface area (Å²) < 4.78 is 10.6. The van der Waals surface area contributed by atoms with E-state index in [9.17, 15) is 0 Å². The van der Waals surface area contributed by atoms with Crippen LogP contribution in [0.2, 0.25) is 0 Å². The molecule has 0 amide bonds. The molecule has 0 saturated heterocycles. The minimum Gasteiger partial charge on any atom is -0.371 e. The maximum absolute atomic E-state index is 5.41. The molecule has 122 valence electrons. The van der Waals surface area contributed by atoms with Gasteiger partial charge in [-0.15, -0.1) is 24.0 Å². The third-order valence-electron chi connectivity index (χ3n) is 2.41. The van der Waals surface area contributed by atoms with E-state index in [0.29, 0.717) is 30.9 Å². The summed E-state index contributed by atoms with van der Waals surface area (Å²) in [5, 5.41) is 10.3. The quantitative estimate of drug-likeness (QED) is 0.407. The van der Waals surface area contributed by atoms with Gasteiger partial charge in [0.2, 0.25) is 5.89 Å². The van der Waals surface area contributed by atoms with Gasteiger partial charge in [0.05, 0.1) is 0 Å². The summed E-state index contributed by atoms with van der Waals surface area (Å²) in [4.78, 5) is 8.67. The van der Waals surface area contributed by atoms with Crippen LogP contribution in [0.3, 0.4) is 0 Å². The molecular formula is C13H26IN5O2. The third-order valence-corrected chi connectivity index (χ3v) is 2.41. The average Bonchev–Trinajstić information content (AvgIpc) is 2.85. The van der Waals surface area contributed by atoms with E-state index in [1.807, 2.05) is 20.8 Å². The molecule has 1 aromatic rings. The molecule has 0 spiro atoms. The summed E-state index contributed by atoms with van der Waals surface area (Å²) in [5.74, 6) is 1.77. The summed E-state index contributed by atoms with van der Waals surface area (Å²) in [6.45, 7) is 11.7. The van der Waals surface area contributed by atoms with Crippen LogP contribution in [0, 0.1) is 0 Å². The van der Waals surface area contributed by atoms with Crippen LogP contribution in [-0.4, -0.2) is 35.3 Å². The second-order valence-electron chi connectivity index (χ2n) is 4.64. The number of ether oxygens (including phenoxy) is 1. The maximum atomic E-state index is 5.41. The zero-order valence-electron chi connectivity index (χ0n) is 13.3. The smallest absolute Gasteiger partial charge is 0.248 e. The van der Waals surface area contributed by atoms with Crippen molar-refractivity contribution in [1.29, 1.82) is 0 Å². The Hall–Kier alpha value is -0.900. The molecule has 1 atom stereocenters. The topological polar surface area (TPSA) is 84.6 Å². The number of hydrogen-bond acceptors (Lipinski definition) is 5. The van der Waals surface area contributed by atoms with Gasteiger partial charge in [0.1, 0.15) is 12.6 Å². The summed E-state index contributed by atoms with van der Waals surface area (Å²) in [6, 6.07) is 0.309. The lowest BCUT2D eigenvalue weighted by atomic mass is 10.4. The lowest BCUT2D eigenvalue weighted by Gasteiger charge is -2.13. The fourth-order valence-electron chi connectivity index (χ4n) is 1.56. The molecule has 1 unspecified atom stereocenters. The molecule has 0 bridgehead atoms. The fourth-order valence-corrected chi connectivity index (χ4v) is 1.56. The standard InChI is InChI=1S/C13H25N5O2.HI/c1-6-14-13(16-9(3)4)15-8-11-17-12(18-20-11)10(5)19-7-2;/h9-10H,6-8H2,1-5H3,(H2,14,15,16);1H. The largest absolute Gasteiger partial charge is 0.371 e. The Bertz CT molecular complexity index is 422. The van der Waals surface area contributed by atoms with Crippen molar-refractivity contribution in [1.82, 2.24) is 20.8 Å². The number of aromatic nitrogens is 2. The van der Waals surface area contributed by atoms with Crippen LogP contribution in [-0.2, 0) is 11.3 Å². The normalized spacial score (nSPS) is 13.0. The van der Waals surface area contributed by atoms with Gasteiger partial charge >= 0.3 is 0 Å². The Morgan fingerprint density at radius 2 is 2.05 bits per heavy atom. The first-order chi connectivity index (χ1) is 9.56. The summed E-state index contributed by atoms with van der Waals surface area (Å²) in [7, 11) is 0. The fraction of sp³-hybridized carbons (Fsp3) is 0.769. The average molecular weight is 411 g/mol. The minimum atomic E-state index is -0.163. The highest BCUT2D eigenvalue weighted by Gasteiger charge is 2.13. The Morgan fingerprint density at radius 3 is 2.62 bits per heavy atom. The van der Waals surface area contributed by atoms with Crippen LogP contribution in [0.25, 0.3) is 0 Å². The lowest BCUT2D eigenvalue weighted by Crippen LogP contribution is -2.41. The number of nitrogens with one attached hydrogen (secondary N) is 2. The highest BCUT2D eigenvalue weighted by atomic mass is 127. The first kappa shape index (κ1) is 20.1. The molecule has 0 radical (unpaired) electrons. The number of nitrogens with zero attached hydrogens (tertiary/aromatic N) is 3. The minimum absolute atomic E-state index is 0. The van der Waals surface area contributed by atoms with Crippen LogP contribution >= 0.6 is 24.0 Å². The number of halogens is 1. The molecule has 0 aliphatic rings. The van der Waals surface area contributed by atoms with Gasteiger partial charge in [-0.3, -0.25) is 0 Å². The molecule has 1 aromatic heterocycles. The highest BCUT2D eigenvalue weighted by molar-refractivity contribution is 14.0. The van der Waals surface area contributed by atoms with E-state index in [-0.39, 0.29) is 30.1 Å². The van der Waals surface area contributed by atoms with E-state index < -0.39 is 0 Å². The van der Waals surface area contributed by atoms with E-state index in [2.05, 4.69) is 39.6 Å². The van der Waals surface area contributed by atoms with Crippen molar-refractivity contribution in [2.75, 3.05) is 13.2 Å². The Balaban J connectivity index is 0.00000400. The first-order valence-corrected chi connectivity index (χ1v) is 7.05. The van der Waals surface area contributed by atoms with Gasteiger partial charge in [-0.05, 0) is 34.6 Å². The van der Waals surface area contributed by atoms with Crippen molar-refractivity contribution in [3.63, 3.8) is 0 Å². The zero-order valence-corrected chi connectivity index (χ0v) is 15.7. The van der Waals surface area contributed by atoms with Crippen LogP contribution in [0.5, 0.6) is 0 Å². The molecule has 21 heavy (non-hydrogen) atoms. The molecular weight excluding hydrogens is 385 g/mol. The third kappa shape index (κ3) is 7.60. The van der Waals surface area contributed by atoms with Gasteiger partial charge < -0.3 is 19.9 Å². The van der Waals surface area contributed by atoms with Crippen LogP contribution in [0.1, 0.15) is 52.4 Å². The molecule has 0 aromatic carbocycles. The molecule has 0 aliphatic carbocycles. The number of guanidine groups is 1. The second kappa shape index (κ2) is 10.8. The highest BCUT2D eigenvalue weighted by Crippen LogP contribution is 2.12. The number of aliphatic imine (C=N–C) groups is 1. The van der Waals surface area contributed by atoms with Crippen LogP contribution in [0.15, 0.2) is 9.52 Å². The molecule has 7 nitrogen and oxygen atoms in total. The first-order valence-electron chi connectivity index (χ1n) is 7.05. The Labute approximate surface area is 143 Å². The van der Waals surface area contributed by atoms with Crippen molar-refractivity contribution < 1.29 is 9.26 Å². The van der Waals surface area contributed by atoms with Crippen molar-refractivity contribution in [2.45, 2.75) is 53.3 Å². The molecule has 8 heteroatoms. The SMILES string of the molecule is CCNC(=NCc1nc(C(C)OCC)no1)NC(C)C.I. The zero-order chi connectivity index (χ0) is 15.0. The predicted molar refractivity (Wildman–Crippen MR) is 92.8 cm³/mol. The van der Waals surface area contributed by atoms with Gasteiger partial charge in [-0.2, -0.15) is 4.98 Å². The summed E-state index contributed by atoms with van der Waals surface area (Å²) >= 11 is 0. The lowest BCUT2D eigenvalue weighted by molar-refractivity contribution is 0.0683. The summed E-state index contributed by atoms with van der Waals surface area (Å²) in [5.41, 5.74) is 0. The van der Waals surface area contributed by atoms with E-state index in [4.69, 9.17) is 9.26 Å². The molecule has 2 N–H and O–H groups in total. The monoisotopic (exact) mass is 411 g/mol. The van der Waals surface area contributed by atoms with E-state index in [1.165, 1.54) is 0 Å². The van der Waals surface area contributed by atoms with E-state index in [1.54, 1.807) is 0 Å². The molecule has 1 heterocycles. The van der Waals surface area contributed by atoms with Crippen LogP contribution < -0.4 is 10.6 Å². The molecule has 0 fully saturated rings. The number of rotatable bonds is 7. The van der Waals surface area contributed by atoms with Crippen molar-refractivity contribution in [2.24, 2.45) is 4.99 Å². The molecule has 1 rings (SSSR count). The van der Waals surface area contributed by atoms with E-state index >= 15 is 0 Å². The Morgan fingerprint density at radius 1 is 1.33 bits per heavy atom. The summed E-state index contributed by atoms with van der Waals surface area (Å²) in [6.07, 6.45) is -0.163. The maximum Gasteiger partial charge on any atom is 0.248 e. The van der Waals surface area contributed by atoms with Crippen molar-refractivity contribution >= 4 is 29.9 Å². The molecule has 0 saturated carbocycles. The van der Waals surface area contributed by atoms with Gasteiger partial charge in [-0.25, -0.2) is 4.99 Å². The predicted octanol–water partition coefficient (Wildman–Crippen LogP) is 2.25.